The zero-order valence-corrected chi connectivity index (χ0v) is 14.4. The topological polar surface area (TPSA) is 74.4 Å². The summed E-state index contributed by atoms with van der Waals surface area (Å²) in [6.45, 7) is 4.02. The Hall–Kier alpha value is -1.41. The summed E-state index contributed by atoms with van der Waals surface area (Å²) in [7, 11) is 0. The van der Waals surface area contributed by atoms with Gasteiger partial charge in [0, 0.05) is 24.6 Å². The van der Waals surface area contributed by atoms with Crippen LogP contribution in [0, 0.1) is 11.7 Å². The standard InChI is InChI=1S/C16H23FN4O2.ClH/c1-10(23-12-4-2-3-11(17)7-12)8-19-16(22)15-13-9-18-6-5-14(13)20-21-15;/h2-4,7,10,13-15,18,20-21H,5-6,8-9H2,1H3,(H,19,22);1H. The predicted molar refractivity (Wildman–Crippen MR) is 91.6 cm³/mol. The first kappa shape index (κ1) is 18.9. The van der Waals surface area contributed by atoms with Crippen LogP contribution in [0.25, 0.3) is 0 Å². The molecule has 2 aliphatic rings. The molecule has 1 aromatic carbocycles. The molecule has 2 heterocycles. The second-order valence-electron chi connectivity index (χ2n) is 6.16. The summed E-state index contributed by atoms with van der Waals surface area (Å²) < 4.78 is 18.7. The molecule has 8 heteroatoms. The summed E-state index contributed by atoms with van der Waals surface area (Å²) in [6, 6.07) is 6.09. The van der Waals surface area contributed by atoms with E-state index in [2.05, 4.69) is 21.5 Å². The van der Waals surface area contributed by atoms with Crippen molar-refractivity contribution in [2.75, 3.05) is 19.6 Å². The summed E-state index contributed by atoms with van der Waals surface area (Å²) >= 11 is 0. The van der Waals surface area contributed by atoms with Crippen molar-refractivity contribution in [3.8, 4) is 5.75 Å². The number of benzene rings is 1. The fourth-order valence-corrected chi connectivity index (χ4v) is 3.14. The van der Waals surface area contributed by atoms with E-state index in [-0.39, 0.29) is 42.2 Å². The highest BCUT2D eigenvalue weighted by molar-refractivity contribution is 5.85. The lowest BCUT2D eigenvalue weighted by atomic mass is 9.89. The molecule has 0 spiro atoms. The SMILES string of the molecule is CC(CNC(=O)C1NNC2CCNCC21)Oc1cccc(F)c1.Cl. The molecule has 2 fully saturated rings. The van der Waals surface area contributed by atoms with Crippen LogP contribution in [0.1, 0.15) is 13.3 Å². The Morgan fingerprint density at radius 3 is 3.08 bits per heavy atom. The highest BCUT2D eigenvalue weighted by Crippen LogP contribution is 2.20. The molecule has 0 aliphatic carbocycles. The molecule has 24 heavy (non-hydrogen) atoms. The van der Waals surface area contributed by atoms with Gasteiger partial charge in [0.1, 0.15) is 23.7 Å². The van der Waals surface area contributed by atoms with E-state index in [9.17, 15) is 9.18 Å². The number of rotatable bonds is 5. The third-order valence-electron chi connectivity index (χ3n) is 4.36. The fraction of sp³-hybridized carbons (Fsp3) is 0.562. The molecule has 2 aliphatic heterocycles. The molecule has 0 aromatic heterocycles. The van der Waals surface area contributed by atoms with Crippen molar-refractivity contribution in [3.05, 3.63) is 30.1 Å². The van der Waals surface area contributed by atoms with Crippen LogP contribution in [0.2, 0.25) is 0 Å². The highest BCUT2D eigenvalue weighted by atomic mass is 35.5. The van der Waals surface area contributed by atoms with Crippen LogP contribution in [0.15, 0.2) is 24.3 Å². The number of hydrogen-bond donors (Lipinski definition) is 4. The second kappa shape index (κ2) is 8.62. The zero-order chi connectivity index (χ0) is 16.2. The van der Waals surface area contributed by atoms with Gasteiger partial charge >= 0.3 is 0 Å². The number of halogens is 2. The molecular weight excluding hydrogens is 335 g/mol. The number of carbonyl (C=O) groups excluding carboxylic acids is 1. The largest absolute Gasteiger partial charge is 0.489 e. The molecule has 4 N–H and O–H groups in total. The lowest BCUT2D eigenvalue weighted by Gasteiger charge is -2.27. The zero-order valence-electron chi connectivity index (χ0n) is 13.5. The van der Waals surface area contributed by atoms with Crippen LogP contribution in [0.4, 0.5) is 4.39 Å². The molecule has 134 valence electrons. The van der Waals surface area contributed by atoms with Gasteiger partial charge in [0.25, 0.3) is 0 Å². The summed E-state index contributed by atoms with van der Waals surface area (Å²) in [5.41, 5.74) is 6.29. The Kier molecular flexibility index (Phi) is 6.79. The lowest BCUT2D eigenvalue weighted by Crippen LogP contribution is -2.50. The molecule has 1 amide bonds. The smallest absolute Gasteiger partial charge is 0.239 e. The Bertz CT molecular complexity index is 563. The maximum absolute atomic E-state index is 13.1. The quantitative estimate of drug-likeness (QED) is 0.620. The first-order valence-electron chi connectivity index (χ1n) is 8.05. The maximum atomic E-state index is 13.1. The molecule has 0 bridgehead atoms. The Morgan fingerprint density at radius 2 is 2.29 bits per heavy atom. The molecule has 1 aromatic rings. The average Bonchev–Trinajstić information content (AvgIpc) is 2.97. The number of piperidine rings is 1. The fourth-order valence-electron chi connectivity index (χ4n) is 3.14. The minimum atomic E-state index is -0.337. The van der Waals surface area contributed by atoms with E-state index in [1.807, 2.05) is 6.92 Å². The first-order valence-corrected chi connectivity index (χ1v) is 8.05. The second-order valence-corrected chi connectivity index (χ2v) is 6.16. The van der Waals surface area contributed by atoms with Gasteiger partial charge < -0.3 is 15.4 Å². The molecule has 4 atom stereocenters. The van der Waals surface area contributed by atoms with E-state index in [1.54, 1.807) is 12.1 Å². The molecule has 3 rings (SSSR count). The van der Waals surface area contributed by atoms with Crippen LogP contribution >= 0.6 is 12.4 Å². The van der Waals surface area contributed by atoms with Crippen molar-refractivity contribution in [1.29, 1.82) is 0 Å². The van der Waals surface area contributed by atoms with E-state index in [0.717, 1.165) is 19.5 Å². The van der Waals surface area contributed by atoms with E-state index in [1.165, 1.54) is 12.1 Å². The predicted octanol–water partition coefficient (Wildman–Crippen LogP) is 0.586. The molecular formula is C16H24ClFN4O2. The van der Waals surface area contributed by atoms with Crippen molar-refractivity contribution in [1.82, 2.24) is 21.5 Å². The van der Waals surface area contributed by atoms with Gasteiger partial charge in [-0.15, -0.1) is 12.4 Å². The number of hydrogen-bond acceptors (Lipinski definition) is 5. The number of amides is 1. The Balaban J connectivity index is 0.00000208. The van der Waals surface area contributed by atoms with Gasteiger partial charge in [-0.2, -0.15) is 0 Å². The normalized spacial score (nSPS) is 26.8. The molecule has 2 saturated heterocycles. The highest BCUT2D eigenvalue weighted by Gasteiger charge is 2.40. The van der Waals surface area contributed by atoms with Crippen LogP contribution in [-0.4, -0.2) is 43.7 Å². The summed E-state index contributed by atoms with van der Waals surface area (Å²) in [5, 5.41) is 6.23. The number of ether oxygens (including phenoxy) is 1. The van der Waals surface area contributed by atoms with Gasteiger partial charge in [-0.05, 0) is 32.0 Å². The molecule has 0 radical (unpaired) electrons. The maximum Gasteiger partial charge on any atom is 0.239 e. The van der Waals surface area contributed by atoms with Gasteiger partial charge in [0.2, 0.25) is 5.91 Å². The van der Waals surface area contributed by atoms with Gasteiger partial charge in [-0.3, -0.25) is 10.2 Å². The van der Waals surface area contributed by atoms with Crippen LogP contribution in [0.5, 0.6) is 5.75 Å². The molecule has 0 saturated carbocycles. The van der Waals surface area contributed by atoms with Crippen LogP contribution in [-0.2, 0) is 4.79 Å². The number of carbonyl (C=O) groups is 1. The van der Waals surface area contributed by atoms with Gasteiger partial charge in [0.05, 0.1) is 6.54 Å². The minimum Gasteiger partial charge on any atom is -0.489 e. The van der Waals surface area contributed by atoms with E-state index >= 15 is 0 Å². The van der Waals surface area contributed by atoms with Crippen molar-refractivity contribution in [2.45, 2.75) is 31.5 Å². The monoisotopic (exact) mass is 358 g/mol. The third-order valence-corrected chi connectivity index (χ3v) is 4.36. The number of nitrogens with one attached hydrogen (secondary N) is 4. The van der Waals surface area contributed by atoms with Gasteiger partial charge in [-0.25, -0.2) is 9.82 Å². The summed E-state index contributed by atoms with van der Waals surface area (Å²) in [6.07, 6.45) is 0.774. The summed E-state index contributed by atoms with van der Waals surface area (Å²) in [5.74, 6) is 0.339. The molecule has 4 unspecified atom stereocenters. The van der Waals surface area contributed by atoms with Crippen LogP contribution < -0.4 is 26.2 Å². The number of hydrazine groups is 1. The van der Waals surface area contributed by atoms with Crippen LogP contribution in [0.3, 0.4) is 0 Å². The van der Waals surface area contributed by atoms with E-state index in [4.69, 9.17) is 4.74 Å². The minimum absolute atomic E-state index is 0. The first-order chi connectivity index (χ1) is 11.1. The van der Waals surface area contributed by atoms with Gasteiger partial charge in [-0.1, -0.05) is 6.07 Å². The number of fused-ring (bicyclic) bond motifs is 1. The van der Waals surface area contributed by atoms with Crippen molar-refractivity contribution >= 4 is 18.3 Å². The van der Waals surface area contributed by atoms with Crippen molar-refractivity contribution < 1.29 is 13.9 Å². The lowest BCUT2D eigenvalue weighted by molar-refractivity contribution is -0.124. The van der Waals surface area contributed by atoms with E-state index in [0.29, 0.717) is 18.3 Å². The van der Waals surface area contributed by atoms with E-state index < -0.39 is 0 Å². The third kappa shape index (κ3) is 4.57. The average molecular weight is 359 g/mol. The van der Waals surface area contributed by atoms with Crippen molar-refractivity contribution in [3.63, 3.8) is 0 Å². The van der Waals surface area contributed by atoms with Gasteiger partial charge in [0.15, 0.2) is 0 Å². The summed E-state index contributed by atoms with van der Waals surface area (Å²) in [4.78, 5) is 12.4. The van der Waals surface area contributed by atoms with Crippen molar-refractivity contribution in [2.24, 2.45) is 5.92 Å². The Labute approximate surface area is 147 Å². The molecule has 6 nitrogen and oxygen atoms in total. The Morgan fingerprint density at radius 1 is 1.46 bits per heavy atom.